The molecule has 1 rings (SSSR count). The quantitative estimate of drug-likeness (QED) is 0.806. The first-order valence-corrected chi connectivity index (χ1v) is 5.97. The van der Waals surface area contributed by atoms with Crippen molar-refractivity contribution in [3.05, 3.63) is 30.1 Å². The highest BCUT2D eigenvalue weighted by Gasteiger charge is 2.07. The Bertz CT molecular complexity index is 396. The molecular formula is C13H20FN3O. The molecule has 100 valence electrons. The van der Waals surface area contributed by atoms with E-state index in [1.807, 2.05) is 18.9 Å². The number of carbonyl (C=O) groups excluding carboxylic acids is 1. The molecule has 0 aromatic heterocycles. The summed E-state index contributed by atoms with van der Waals surface area (Å²) in [5, 5.41) is 2.65. The molecule has 0 saturated heterocycles. The smallest absolute Gasteiger partial charge is 0.238 e. The normalized spacial score (nSPS) is 12.5. The molecule has 0 aliphatic rings. The monoisotopic (exact) mass is 253 g/mol. The highest BCUT2D eigenvalue weighted by molar-refractivity contribution is 5.92. The summed E-state index contributed by atoms with van der Waals surface area (Å²) in [4.78, 5) is 13.6. The number of nitrogens with one attached hydrogen (secondary N) is 1. The number of nitrogens with two attached hydrogens (primary N) is 1. The van der Waals surface area contributed by atoms with E-state index in [1.54, 1.807) is 12.1 Å². The number of anilines is 1. The van der Waals surface area contributed by atoms with Crippen molar-refractivity contribution < 1.29 is 9.18 Å². The van der Waals surface area contributed by atoms with Gasteiger partial charge in [-0.05, 0) is 45.1 Å². The molecule has 0 radical (unpaired) electrons. The zero-order valence-electron chi connectivity index (χ0n) is 10.8. The van der Waals surface area contributed by atoms with E-state index in [-0.39, 0.29) is 24.3 Å². The molecule has 1 amide bonds. The molecule has 4 nitrogen and oxygen atoms in total. The maximum Gasteiger partial charge on any atom is 0.238 e. The highest BCUT2D eigenvalue weighted by Crippen LogP contribution is 2.08. The number of hydrogen-bond donors (Lipinski definition) is 2. The third kappa shape index (κ3) is 5.75. The molecule has 5 heteroatoms. The second-order valence-electron chi connectivity index (χ2n) is 4.56. The van der Waals surface area contributed by atoms with Gasteiger partial charge in [0.15, 0.2) is 0 Å². The molecule has 0 bridgehead atoms. The minimum absolute atomic E-state index is 0.124. The van der Waals surface area contributed by atoms with Gasteiger partial charge in [-0.3, -0.25) is 9.69 Å². The molecule has 1 aromatic carbocycles. The summed E-state index contributed by atoms with van der Waals surface area (Å²) in [6, 6.07) is 5.97. The first-order chi connectivity index (χ1) is 8.47. The fraction of sp³-hybridized carbons (Fsp3) is 0.462. The molecular weight excluding hydrogens is 233 g/mol. The van der Waals surface area contributed by atoms with Gasteiger partial charge in [0, 0.05) is 11.7 Å². The number of likely N-dealkylation sites (N-methyl/N-ethyl adjacent to an activating group) is 1. The third-order valence-corrected chi connectivity index (χ3v) is 2.49. The molecule has 0 aliphatic carbocycles. The van der Waals surface area contributed by atoms with Crippen LogP contribution in [0.4, 0.5) is 10.1 Å². The lowest BCUT2D eigenvalue weighted by atomic mass is 10.2. The van der Waals surface area contributed by atoms with E-state index in [9.17, 15) is 9.18 Å². The van der Waals surface area contributed by atoms with Gasteiger partial charge in [-0.1, -0.05) is 6.07 Å². The van der Waals surface area contributed by atoms with Gasteiger partial charge >= 0.3 is 0 Å². The van der Waals surface area contributed by atoms with Crippen LogP contribution in [-0.2, 0) is 4.79 Å². The molecule has 1 unspecified atom stereocenters. The third-order valence-electron chi connectivity index (χ3n) is 2.49. The van der Waals surface area contributed by atoms with Gasteiger partial charge in [-0.2, -0.15) is 0 Å². The predicted molar refractivity (Wildman–Crippen MR) is 70.8 cm³/mol. The van der Waals surface area contributed by atoms with Crippen molar-refractivity contribution in [2.24, 2.45) is 5.73 Å². The number of benzene rings is 1. The Kier molecular flexibility index (Phi) is 5.74. The second-order valence-corrected chi connectivity index (χ2v) is 4.56. The van der Waals surface area contributed by atoms with Crippen LogP contribution in [0.2, 0.25) is 0 Å². The van der Waals surface area contributed by atoms with Crippen LogP contribution in [0.5, 0.6) is 0 Å². The van der Waals surface area contributed by atoms with Crippen molar-refractivity contribution in [2.45, 2.75) is 19.4 Å². The standard InChI is InChI=1S/C13H20FN3O/c1-10(15)6-7-17(2)9-13(18)16-12-5-3-4-11(14)8-12/h3-5,8,10H,6-7,9,15H2,1-2H3,(H,16,18). The summed E-state index contributed by atoms with van der Waals surface area (Å²) in [6.07, 6.45) is 0.837. The second kappa shape index (κ2) is 7.08. The number of nitrogens with zero attached hydrogens (tertiary/aromatic N) is 1. The lowest BCUT2D eigenvalue weighted by Crippen LogP contribution is -2.33. The van der Waals surface area contributed by atoms with E-state index < -0.39 is 0 Å². The summed E-state index contributed by atoms with van der Waals surface area (Å²) in [6.45, 7) is 2.96. The Balaban J connectivity index is 2.37. The molecule has 1 aromatic rings. The maximum absolute atomic E-state index is 12.9. The van der Waals surface area contributed by atoms with Crippen LogP contribution in [-0.4, -0.2) is 37.0 Å². The van der Waals surface area contributed by atoms with Crippen molar-refractivity contribution in [1.82, 2.24) is 4.90 Å². The molecule has 0 aliphatic heterocycles. The number of hydrogen-bond acceptors (Lipinski definition) is 3. The van der Waals surface area contributed by atoms with Gasteiger partial charge in [0.2, 0.25) is 5.91 Å². The number of halogens is 1. The van der Waals surface area contributed by atoms with Crippen LogP contribution >= 0.6 is 0 Å². The van der Waals surface area contributed by atoms with Gasteiger partial charge in [0.05, 0.1) is 6.54 Å². The Morgan fingerprint density at radius 3 is 2.89 bits per heavy atom. The minimum Gasteiger partial charge on any atom is -0.328 e. The average molecular weight is 253 g/mol. The number of amides is 1. The minimum atomic E-state index is -0.363. The Labute approximate surface area is 107 Å². The summed E-state index contributed by atoms with van der Waals surface area (Å²) in [5.41, 5.74) is 6.12. The van der Waals surface area contributed by atoms with Crippen molar-refractivity contribution in [2.75, 3.05) is 25.5 Å². The molecule has 18 heavy (non-hydrogen) atoms. The Morgan fingerprint density at radius 2 is 2.28 bits per heavy atom. The Morgan fingerprint density at radius 1 is 1.56 bits per heavy atom. The van der Waals surface area contributed by atoms with Crippen molar-refractivity contribution in [1.29, 1.82) is 0 Å². The zero-order valence-corrected chi connectivity index (χ0v) is 10.8. The Hall–Kier alpha value is -1.46. The summed E-state index contributed by atoms with van der Waals surface area (Å²) in [5.74, 6) is -0.522. The van der Waals surface area contributed by atoms with Crippen molar-refractivity contribution in [3.63, 3.8) is 0 Å². The summed E-state index contributed by atoms with van der Waals surface area (Å²) in [7, 11) is 1.85. The molecule has 0 heterocycles. The molecule has 1 atom stereocenters. The van der Waals surface area contributed by atoms with Crippen LogP contribution in [0.3, 0.4) is 0 Å². The molecule has 3 N–H and O–H groups in total. The highest BCUT2D eigenvalue weighted by atomic mass is 19.1. The summed E-state index contributed by atoms with van der Waals surface area (Å²) >= 11 is 0. The number of carbonyl (C=O) groups is 1. The summed E-state index contributed by atoms with van der Waals surface area (Å²) < 4.78 is 12.9. The largest absolute Gasteiger partial charge is 0.328 e. The first kappa shape index (κ1) is 14.6. The maximum atomic E-state index is 12.9. The SMILES string of the molecule is CC(N)CCN(C)CC(=O)Nc1cccc(F)c1. The van der Waals surface area contributed by atoms with Crippen LogP contribution < -0.4 is 11.1 Å². The van der Waals surface area contributed by atoms with E-state index in [2.05, 4.69) is 5.32 Å². The zero-order chi connectivity index (χ0) is 13.5. The van der Waals surface area contributed by atoms with E-state index in [1.165, 1.54) is 12.1 Å². The van der Waals surface area contributed by atoms with Crippen LogP contribution in [0, 0.1) is 5.82 Å². The van der Waals surface area contributed by atoms with Gasteiger partial charge in [-0.15, -0.1) is 0 Å². The average Bonchev–Trinajstić information content (AvgIpc) is 2.26. The van der Waals surface area contributed by atoms with E-state index in [4.69, 9.17) is 5.73 Å². The van der Waals surface area contributed by atoms with Gasteiger partial charge in [0.25, 0.3) is 0 Å². The molecule has 0 fully saturated rings. The van der Waals surface area contributed by atoms with Crippen molar-refractivity contribution in [3.8, 4) is 0 Å². The van der Waals surface area contributed by atoms with Crippen LogP contribution in [0.15, 0.2) is 24.3 Å². The van der Waals surface area contributed by atoms with Gasteiger partial charge in [0.1, 0.15) is 5.82 Å². The van der Waals surface area contributed by atoms with Crippen molar-refractivity contribution >= 4 is 11.6 Å². The fourth-order valence-electron chi connectivity index (χ4n) is 1.51. The molecule has 0 saturated carbocycles. The van der Waals surface area contributed by atoms with Crippen LogP contribution in [0.1, 0.15) is 13.3 Å². The molecule has 0 spiro atoms. The predicted octanol–water partition coefficient (Wildman–Crippen LogP) is 1.43. The number of rotatable bonds is 6. The fourth-order valence-corrected chi connectivity index (χ4v) is 1.51. The van der Waals surface area contributed by atoms with Gasteiger partial charge in [-0.25, -0.2) is 4.39 Å². The van der Waals surface area contributed by atoms with Crippen LogP contribution in [0.25, 0.3) is 0 Å². The van der Waals surface area contributed by atoms with E-state index in [0.29, 0.717) is 5.69 Å². The van der Waals surface area contributed by atoms with E-state index >= 15 is 0 Å². The first-order valence-electron chi connectivity index (χ1n) is 5.97. The van der Waals surface area contributed by atoms with Gasteiger partial charge < -0.3 is 11.1 Å². The lowest BCUT2D eigenvalue weighted by molar-refractivity contribution is -0.117. The topological polar surface area (TPSA) is 58.4 Å². The lowest BCUT2D eigenvalue weighted by Gasteiger charge is -2.17. The van der Waals surface area contributed by atoms with E-state index in [0.717, 1.165) is 13.0 Å².